The number of carbonyl (C=O) groups excluding carboxylic acids is 2. The van der Waals surface area contributed by atoms with Crippen LogP contribution in [0.1, 0.15) is 84.9 Å². The quantitative estimate of drug-likeness (QED) is 0.570. The molecule has 0 aliphatic heterocycles. The van der Waals surface area contributed by atoms with Crippen molar-refractivity contribution in [3.8, 4) is 0 Å². The van der Waals surface area contributed by atoms with E-state index in [0.717, 1.165) is 51.4 Å². The van der Waals surface area contributed by atoms with Crippen LogP contribution in [0.3, 0.4) is 0 Å². The van der Waals surface area contributed by atoms with Gasteiger partial charge in [-0.2, -0.15) is 0 Å². The first-order valence-corrected chi connectivity index (χ1v) is 11.3. The fourth-order valence-electron chi connectivity index (χ4n) is 4.87. The van der Waals surface area contributed by atoms with E-state index in [-0.39, 0.29) is 23.9 Å². The van der Waals surface area contributed by atoms with Gasteiger partial charge in [0, 0.05) is 22.9 Å². The number of amides is 2. The maximum Gasteiger partial charge on any atom is 0.253 e. The Balaban J connectivity index is 1.55. The molecule has 0 atom stereocenters. The molecule has 2 fully saturated rings. The predicted octanol–water partition coefficient (Wildman–Crippen LogP) is 4.13. The van der Waals surface area contributed by atoms with Gasteiger partial charge in [0.05, 0.1) is 22.5 Å². The summed E-state index contributed by atoms with van der Waals surface area (Å²) in [4.78, 5) is 25.5. The molecule has 2 aromatic rings. The van der Waals surface area contributed by atoms with Gasteiger partial charge >= 0.3 is 0 Å². The Kier molecular flexibility index (Phi) is 6.11. The van der Waals surface area contributed by atoms with E-state index in [2.05, 4.69) is 10.6 Å². The number of nitrogens with one attached hydrogen (secondary N) is 2. The normalized spacial score (nSPS) is 18.3. The molecule has 2 amide bonds. The van der Waals surface area contributed by atoms with Gasteiger partial charge in [-0.3, -0.25) is 9.59 Å². The van der Waals surface area contributed by atoms with Gasteiger partial charge in [0.15, 0.2) is 0 Å². The lowest BCUT2D eigenvalue weighted by atomic mass is 9.94. The third-order valence-electron chi connectivity index (χ3n) is 6.65. The summed E-state index contributed by atoms with van der Waals surface area (Å²) in [5, 5.41) is 7.65. The number of benzene rings is 2. The minimum absolute atomic E-state index is 0.140. The van der Waals surface area contributed by atoms with Crippen LogP contribution in [0.25, 0.3) is 10.8 Å². The molecule has 0 saturated heterocycles. The van der Waals surface area contributed by atoms with E-state index in [4.69, 9.17) is 11.5 Å². The highest BCUT2D eigenvalue weighted by Gasteiger charge is 2.22. The first-order chi connectivity index (χ1) is 14.5. The molecule has 6 N–H and O–H groups in total. The number of nitrogen functional groups attached to an aromatic ring is 2. The molecule has 0 aromatic heterocycles. The molecule has 2 aliphatic carbocycles. The lowest BCUT2D eigenvalue weighted by Crippen LogP contribution is -2.36. The second-order valence-corrected chi connectivity index (χ2v) is 8.77. The van der Waals surface area contributed by atoms with Gasteiger partial charge in [-0.1, -0.05) is 50.7 Å². The molecule has 2 aliphatic rings. The van der Waals surface area contributed by atoms with E-state index >= 15 is 0 Å². The Labute approximate surface area is 177 Å². The molecule has 0 spiro atoms. The fourth-order valence-corrected chi connectivity index (χ4v) is 4.87. The monoisotopic (exact) mass is 408 g/mol. The van der Waals surface area contributed by atoms with E-state index < -0.39 is 0 Å². The summed E-state index contributed by atoms with van der Waals surface area (Å²) in [7, 11) is 0. The summed E-state index contributed by atoms with van der Waals surface area (Å²) < 4.78 is 0. The van der Waals surface area contributed by atoms with Crippen molar-refractivity contribution < 1.29 is 9.59 Å². The molecule has 0 heterocycles. The third-order valence-corrected chi connectivity index (χ3v) is 6.65. The summed E-state index contributed by atoms with van der Waals surface area (Å²) in [5.41, 5.74) is 14.5. The van der Waals surface area contributed by atoms with Crippen molar-refractivity contribution in [3.63, 3.8) is 0 Å². The Morgan fingerprint density at radius 1 is 0.633 bits per heavy atom. The largest absolute Gasteiger partial charge is 0.398 e. The number of fused-ring (bicyclic) bond motifs is 1. The molecule has 2 aromatic carbocycles. The summed E-state index contributed by atoms with van der Waals surface area (Å²) in [6.45, 7) is 0. The summed E-state index contributed by atoms with van der Waals surface area (Å²) in [5.74, 6) is -0.280. The second kappa shape index (κ2) is 8.94. The van der Waals surface area contributed by atoms with Crippen molar-refractivity contribution in [1.29, 1.82) is 0 Å². The zero-order chi connectivity index (χ0) is 21.1. The molecule has 4 rings (SSSR count). The van der Waals surface area contributed by atoms with Crippen LogP contribution in [-0.2, 0) is 0 Å². The standard InChI is InChI=1S/C24H32N4O2/c25-21-17-12-14-20(24(30)28-16-9-5-2-6-10-16)22(26)18(17)11-13-19(21)23(29)27-15-7-3-1-4-8-15/h11-16H,1-10,25-26H2,(H,27,29)(H,28,30). The predicted molar refractivity (Wildman–Crippen MR) is 121 cm³/mol. The number of hydrogen-bond acceptors (Lipinski definition) is 4. The smallest absolute Gasteiger partial charge is 0.253 e. The number of rotatable bonds is 4. The minimum atomic E-state index is -0.140. The van der Waals surface area contributed by atoms with Crippen LogP contribution >= 0.6 is 0 Å². The van der Waals surface area contributed by atoms with E-state index in [1.807, 2.05) is 0 Å². The fraction of sp³-hybridized carbons (Fsp3) is 0.500. The molecule has 0 radical (unpaired) electrons. The van der Waals surface area contributed by atoms with Gasteiger partial charge in [0.25, 0.3) is 11.8 Å². The maximum absolute atomic E-state index is 12.8. The Bertz CT molecular complexity index is 867. The SMILES string of the molecule is Nc1c(C(=O)NC2CCCCC2)ccc2c(N)c(C(=O)NC3CCCCC3)ccc12. The summed E-state index contributed by atoms with van der Waals surface area (Å²) >= 11 is 0. The van der Waals surface area contributed by atoms with Gasteiger partial charge in [0.1, 0.15) is 0 Å². The molecule has 0 unspecified atom stereocenters. The highest BCUT2D eigenvalue weighted by molar-refractivity contribution is 6.14. The first kappa shape index (κ1) is 20.5. The van der Waals surface area contributed by atoms with Crippen molar-refractivity contribution in [2.75, 3.05) is 11.5 Å². The molecule has 160 valence electrons. The van der Waals surface area contributed by atoms with Gasteiger partial charge in [-0.25, -0.2) is 0 Å². The maximum atomic E-state index is 12.8. The van der Waals surface area contributed by atoms with Crippen LogP contribution in [0, 0.1) is 0 Å². The minimum Gasteiger partial charge on any atom is -0.398 e. The Morgan fingerprint density at radius 3 is 1.37 bits per heavy atom. The molecule has 2 saturated carbocycles. The van der Waals surface area contributed by atoms with Crippen LogP contribution in [-0.4, -0.2) is 23.9 Å². The lowest BCUT2D eigenvalue weighted by Gasteiger charge is -2.24. The van der Waals surface area contributed by atoms with Gasteiger partial charge in [-0.05, 0) is 37.8 Å². The van der Waals surface area contributed by atoms with Crippen molar-refractivity contribution >= 4 is 34.0 Å². The van der Waals surface area contributed by atoms with Gasteiger partial charge in [-0.15, -0.1) is 0 Å². The van der Waals surface area contributed by atoms with Crippen molar-refractivity contribution in [2.45, 2.75) is 76.3 Å². The van der Waals surface area contributed by atoms with E-state index in [1.54, 1.807) is 24.3 Å². The number of nitrogens with two attached hydrogens (primary N) is 2. The summed E-state index contributed by atoms with van der Waals surface area (Å²) in [6.07, 6.45) is 11.2. The molecular weight excluding hydrogens is 376 g/mol. The number of hydrogen-bond donors (Lipinski definition) is 4. The average molecular weight is 409 g/mol. The molecule has 30 heavy (non-hydrogen) atoms. The number of anilines is 2. The van der Waals surface area contributed by atoms with Crippen molar-refractivity contribution in [2.24, 2.45) is 0 Å². The van der Waals surface area contributed by atoms with Crippen LogP contribution in [0.4, 0.5) is 11.4 Å². The lowest BCUT2D eigenvalue weighted by molar-refractivity contribution is 0.0920. The van der Waals surface area contributed by atoms with Crippen LogP contribution in [0.2, 0.25) is 0 Å². The highest BCUT2D eigenvalue weighted by Crippen LogP contribution is 2.32. The van der Waals surface area contributed by atoms with E-state index in [9.17, 15) is 9.59 Å². The van der Waals surface area contributed by atoms with E-state index in [0.29, 0.717) is 33.3 Å². The van der Waals surface area contributed by atoms with Crippen LogP contribution in [0.5, 0.6) is 0 Å². The zero-order valence-electron chi connectivity index (χ0n) is 17.5. The highest BCUT2D eigenvalue weighted by atomic mass is 16.2. The van der Waals surface area contributed by atoms with Crippen LogP contribution in [0.15, 0.2) is 24.3 Å². The van der Waals surface area contributed by atoms with Crippen LogP contribution < -0.4 is 22.1 Å². The third kappa shape index (κ3) is 4.23. The van der Waals surface area contributed by atoms with E-state index in [1.165, 1.54) is 12.8 Å². The van der Waals surface area contributed by atoms with Crippen molar-refractivity contribution in [1.82, 2.24) is 10.6 Å². The average Bonchev–Trinajstić information content (AvgIpc) is 2.76. The summed E-state index contributed by atoms with van der Waals surface area (Å²) in [6, 6.07) is 7.47. The topological polar surface area (TPSA) is 110 Å². The van der Waals surface area contributed by atoms with Gasteiger partial charge in [0.2, 0.25) is 0 Å². The Morgan fingerprint density at radius 2 is 1.00 bits per heavy atom. The molecule has 6 heteroatoms. The Hall–Kier alpha value is -2.76. The molecule has 0 bridgehead atoms. The zero-order valence-corrected chi connectivity index (χ0v) is 17.5. The first-order valence-electron chi connectivity index (χ1n) is 11.3. The molecular formula is C24H32N4O2. The van der Waals surface area contributed by atoms with Gasteiger partial charge < -0.3 is 22.1 Å². The second-order valence-electron chi connectivity index (χ2n) is 8.77. The number of carbonyl (C=O) groups is 2. The van der Waals surface area contributed by atoms with Crippen molar-refractivity contribution in [3.05, 3.63) is 35.4 Å². The molecule has 6 nitrogen and oxygen atoms in total.